The second kappa shape index (κ2) is 9.46. The maximum Gasteiger partial charge on any atom is 0.308 e. The fraction of sp³-hybridized carbons (Fsp3) is 0.308. The lowest BCUT2D eigenvalue weighted by Gasteiger charge is -2.44. The Balaban J connectivity index is 1.20. The first-order chi connectivity index (χ1) is 17.3. The van der Waals surface area contributed by atoms with Crippen LogP contribution >= 0.6 is 0 Å². The summed E-state index contributed by atoms with van der Waals surface area (Å²) in [6.07, 6.45) is 1.87. The standard InChI is InChI=1S/C26H28N6O4/c1-15-6-19(9-21(7-15)35-3)29-26-28-10-18-11-31(14-23(18)30-26)20-12-32(13-20)25(34)17-4-5-22(27)24(8-17)36-16(2)33/h4-10,20H,11-14,27H2,1-3H3,(H,28,29,30). The number of rotatable bonds is 6. The average Bonchev–Trinajstić information content (AvgIpc) is 3.21. The summed E-state index contributed by atoms with van der Waals surface area (Å²) < 4.78 is 10.4. The lowest BCUT2D eigenvalue weighted by molar-refractivity contribution is -0.131. The van der Waals surface area contributed by atoms with Gasteiger partial charge in [0, 0.05) is 68.2 Å². The molecule has 186 valence electrons. The normalized spacial score (nSPS) is 15.2. The number of ether oxygens (including phenoxy) is 2. The highest BCUT2D eigenvalue weighted by Gasteiger charge is 2.38. The van der Waals surface area contributed by atoms with Gasteiger partial charge in [0.25, 0.3) is 5.91 Å². The summed E-state index contributed by atoms with van der Waals surface area (Å²) in [6, 6.07) is 10.9. The molecule has 3 heterocycles. The fourth-order valence-electron chi connectivity index (χ4n) is 4.51. The van der Waals surface area contributed by atoms with Gasteiger partial charge < -0.3 is 25.4 Å². The van der Waals surface area contributed by atoms with Gasteiger partial charge in [-0.2, -0.15) is 0 Å². The molecule has 3 aromatic rings. The summed E-state index contributed by atoms with van der Waals surface area (Å²) in [4.78, 5) is 37.5. The highest BCUT2D eigenvalue weighted by Crippen LogP contribution is 2.30. The number of methoxy groups -OCH3 is 1. The van der Waals surface area contributed by atoms with E-state index in [-0.39, 0.29) is 17.7 Å². The van der Waals surface area contributed by atoms with Gasteiger partial charge in [-0.3, -0.25) is 14.5 Å². The fourth-order valence-corrected chi connectivity index (χ4v) is 4.51. The van der Waals surface area contributed by atoms with Gasteiger partial charge in [0.05, 0.1) is 18.5 Å². The lowest BCUT2D eigenvalue weighted by Crippen LogP contribution is -2.59. The van der Waals surface area contributed by atoms with Gasteiger partial charge in [0.1, 0.15) is 5.75 Å². The van der Waals surface area contributed by atoms with E-state index in [1.807, 2.05) is 31.3 Å². The van der Waals surface area contributed by atoms with Crippen molar-refractivity contribution < 1.29 is 19.1 Å². The van der Waals surface area contributed by atoms with E-state index in [1.165, 1.54) is 13.0 Å². The molecule has 0 aliphatic carbocycles. The first-order valence-corrected chi connectivity index (χ1v) is 11.7. The number of amides is 1. The quantitative estimate of drug-likeness (QED) is 0.306. The topological polar surface area (TPSA) is 123 Å². The van der Waals surface area contributed by atoms with Crippen molar-refractivity contribution in [3.63, 3.8) is 0 Å². The molecular weight excluding hydrogens is 460 g/mol. The van der Waals surface area contributed by atoms with Crippen LogP contribution in [0.4, 0.5) is 17.3 Å². The molecule has 1 saturated heterocycles. The number of carbonyl (C=O) groups excluding carboxylic acids is 2. The predicted molar refractivity (Wildman–Crippen MR) is 134 cm³/mol. The number of hydrogen-bond donors (Lipinski definition) is 2. The Labute approximate surface area is 209 Å². The molecule has 5 rings (SSSR count). The monoisotopic (exact) mass is 488 g/mol. The molecule has 0 bridgehead atoms. The zero-order valence-corrected chi connectivity index (χ0v) is 20.4. The number of anilines is 3. The van der Waals surface area contributed by atoms with Gasteiger partial charge in [-0.25, -0.2) is 9.97 Å². The van der Waals surface area contributed by atoms with Crippen LogP contribution in [0.3, 0.4) is 0 Å². The first-order valence-electron chi connectivity index (χ1n) is 11.7. The Morgan fingerprint density at radius 3 is 2.69 bits per heavy atom. The Morgan fingerprint density at radius 1 is 1.14 bits per heavy atom. The second-order valence-electron chi connectivity index (χ2n) is 9.14. The van der Waals surface area contributed by atoms with E-state index in [1.54, 1.807) is 24.1 Å². The van der Waals surface area contributed by atoms with Crippen LogP contribution in [-0.4, -0.2) is 57.9 Å². The number of nitrogen functional groups attached to an aromatic ring is 1. The zero-order chi connectivity index (χ0) is 25.4. The lowest BCUT2D eigenvalue weighted by atomic mass is 10.0. The molecule has 2 aromatic carbocycles. The third kappa shape index (κ3) is 4.80. The van der Waals surface area contributed by atoms with Crippen LogP contribution in [0.25, 0.3) is 0 Å². The van der Waals surface area contributed by atoms with Crippen molar-refractivity contribution in [2.45, 2.75) is 33.0 Å². The van der Waals surface area contributed by atoms with E-state index >= 15 is 0 Å². The number of fused-ring (bicyclic) bond motifs is 1. The van der Waals surface area contributed by atoms with Gasteiger partial charge in [-0.1, -0.05) is 0 Å². The number of aryl methyl sites for hydroxylation is 1. The largest absolute Gasteiger partial charge is 0.497 e. The molecule has 3 N–H and O–H groups in total. The molecule has 36 heavy (non-hydrogen) atoms. The van der Waals surface area contributed by atoms with Crippen LogP contribution in [-0.2, 0) is 17.9 Å². The van der Waals surface area contributed by atoms with Crippen LogP contribution in [0, 0.1) is 6.92 Å². The van der Waals surface area contributed by atoms with Crippen molar-refractivity contribution in [1.82, 2.24) is 19.8 Å². The van der Waals surface area contributed by atoms with Crippen LogP contribution in [0.15, 0.2) is 42.6 Å². The van der Waals surface area contributed by atoms with Gasteiger partial charge >= 0.3 is 5.97 Å². The van der Waals surface area contributed by atoms with Crippen molar-refractivity contribution in [2.75, 3.05) is 31.2 Å². The molecule has 0 radical (unpaired) electrons. The van der Waals surface area contributed by atoms with Gasteiger partial charge in [-0.15, -0.1) is 0 Å². The van der Waals surface area contributed by atoms with Crippen molar-refractivity contribution in [3.8, 4) is 11.5 Å². The number of likely N-dealkylation sites (tertiary alicyclic amines) is 1. The molecule has 10 heteroatoms. The molecule has 2 aliphatic heterocycles. The Bertz CT molecular complexity index is 1340. The maximum atomic E-state index is 12.9. The second-order valence-corrected chi connectivity index (χ2v) is 9.14. The van der Waals surface area contributed by atoms with Gasteiger partial charge in [0.15, 0.2) is 5.75 Å². The molecule has 10 nitrogen and oxygen atoms in total. The minimum atomic E-state index is -0.482. The third-order valence-electron chi connectivity index (χ3n) is 6.40. The van der Waals surface area contributed by atoms with E-state index in [9.17, 15) is 9.59 Å². The van der Waals surface area contributed by atoms with E-state index < -0.39 is 5.97 Å². The minimum absolute atomic E-state index is 0.115. The van der Waals surface area contributed by atoms with E-state index in [0.29, 0.717) is 36.8 Å². The first kappa shape index (κ1) is 23.6. The van der Waals surface area contributed by atoms with E-state index in [4.69, 9.17) is 20.2 Å². The molecule has 0 saturated carbocycles. The summed E-state index contributed by atoms with van der Waals surface area (Å²) in [5, 5.41) is 3.27. The smallest absolute Gasteiger partial charge is 0.308 e. The van der Waals surface area contributed by atoms with Crippen LogP contribution in [0.1, 0.15) is 34.1 Å². The summed E-state index contributed by atoms with van der Waals surface area (Å²) in [5.74, 6) is 0.920. The van der Waals surface area contributed by atoms with Crippen molar-refractivity contribution in [2.24, 2.45) is 0 Å². The third-order valence-corrected chi connectivity index (χ3v) is 6.40. The van der Waals surface area contributed by atoms with Gasteiger partial charge in [0.2, 0.25) is 5.95 Å². The molecule has 2 aliphatic rings. The number of nitrogens with one attached hydrogen (secondary N) is 1. The molecule has 1 fully saturated rings. The van der Waals surface area contributed by atoms with Crippen molar-refractivity contribution >= 4 is 29.2 Å². The summed E-state index contributed by atoms with van der Waals surface area (Å²) in [6.45, 7) is 5.98. The maximum absolute atomic E-state index is 12.9. The Morgan fingerprint density at radius 2 is 1.94 bits per heavy atom. The number of nitrogens with zero attached hydrogens (tertiary/aromatic N) is 4. The number of aromatic nitrogens is 2. The molecule has 0 unspecified atom stereocenters. The molecule has 1 aromatic heterocycles. The predicted octanol–water partition coefficient (Wildman–Crippen LogP) is 2.88. The van der Waals surface area contributed by atoms with Crippen LogP contribution < -0.4 is 20.5 Å². The summed E-state index contributed by atoms with van der Waals surface area (Å²) in [7, 11) is 1.64. The van der Waals surface area contributed by atoms with Gasteiger partial charge in [-0.05, 0) is 42.8 Å². The molecule has 0 spiro atoms. The Hall–Kier alpha value is -4.18. The number of benzene rings is 2. The number of hydrogen-bond acceptors (Lipinski definition) is 9. The number of nitrogens with two attached hydrogens (primary N) is 1. The van der Waals surface area contributed by atoms with E-state index in [0.717, 1.165) is 34.8 Å². The molecule has 1 amide bonds. The Kier molecular flexibility index (Phi) is 6.19. The summed E-state index contributed by atoms with van der Waals surface area (Å²) >= 11 is 0. The zero-order valence-electron chi connectivity index (χ0n) is 20.4. The summed E-state index contributed by atoms with van der Waals surface area (Å²) in [5.41, 5.74) is 10.6. The minimum Gasteiger partial charge on any atom is -0.497 e. The SMILES string of the molecule is COc1cc(C)cc(Nc2ncc3c(n2)CN(C2CN(C(=O)c4ccc(N)c(OC(C)=O)c4)C2)C3)c1. The van der Waals surface area contributed by atoms with Crippen LogP contribution in [0.5, 0.6) is 11.5 Å². The van der Waals surface area contributed by atoms with Crippen molar-refractivity contribution in [1.29, 1.82) is 0 Å². The average molecular weight is 489 g/mol. The van der Waals surface area contributed by atoms with Crippen LogP contribution in [0.2, 0.25) is 0 Å². The molecular formula is C26H28N6O4. The highest BCUT2D eigenvalue weighted by atomic mass is 16.5. The number of esters is 1. The van der Waals surface area contributed by atoms with E-state index in [2.05, 4.69) is 15.2 Å². The highest BCUT2D eigenvalue weighted by molar-refractivity contribution is 5.96. The van der Waals surface area contributed by atoms with Crippen molar-refractivity contribution in [3.05, 3.63) is 65.0 Å². The molecule has 0 atom stereocenters. The number of carbonyl (C=O) groups is 2.